The van der Waals surface area contributed by atoms with Crippen molar-refractivity contribution in [3.8, 4) is 0 Å². The predicted octanol–water partition coefficient (Wildman–Crippen LogP) is 3.43. The van der Waals surface area contributed by atoms with Gasteiger partial charge in [0.25, 0.3) is 0 Å². The van der Waals surface area contributed by atoms with Gasteiger partial charge in [-0.15, -0.1) is 0 Å². The van der Waals surface area contributed by atoms with E-state index in [4.69, 9.17) is 11.3 Å². The molecule has 3 heteroatoms. The van der Waals surface area contributed by atoms with Crippen LogP contribution in [0.5, 0.6) is 0 Å². The summed E-state index contributed by atoms with van der Waals surface area (Å²) in [6.45, 7) is 4.59. The molecule has 0 amide bonds. The monoisotopic (exact) mass is 301 g/mol. The first-order valence-corrected chi connectivity index (χ1v) is 7.93. The Balaban J connectivity index is 1.97. The number of aliphatic hydroxyl groups is 1. The zero-order chi connectivity index (χ0) is 16.7. The Morgan fingerprint density at radius 2 is 2.18 bits per heavy atom. The van der Waals surface area contributed by atoms with Crippen molar-refractivity contribution < 1.29 is 14.6 Å². The second kappa shape index (κ2) is 5.24. The summed E-state index contributed by atoms with van der Waals surface area (Å²) in [5.41, 5.74) is 0.770. The molecule has 0 aliphatic heterocycles. The number of rotatable bonds is 5. The van der Waals surface area contributed by atoms with E-state index in [1.807, 2.05) is 30.3 Å². The van der Waals surface area contributed by atoms with E-state index >= 15 is 0 Å². The van der Waals surface area contributed by atoms with E-state index < -0.39 is 11.6 Å². The number of carbonyl (C=O) groups excluding carboxylic acids is 1. The minimum Gasteiger partial charge on any atom is -0.467 e. The van der Waals surface area contributed by atoms with Crippen LogP contribution in [0, 0.1) is 17.3 Å². The minimum absolute atomic E-state index is 0.269. The highest BCUT2D eigenvalue weighted by Gasteiger charge is 2.53. The van der Waals surface area contributed by atoms with Crippen LogP contribution in [0.3, 0.4) is 0 Å². The number of hydrogen-bond donors (Lipinski definition) is 1. The smallest absolute Gasteiger partial charge is 0.342 e. The molecule has 3 atom stereocenters. The number of ether oxygens (including phenoxy) is 1. The van der Waals surface area contributed by atoms with E-state index in [1.54, 1.807) is 0 Å². The number of methoxy groups -OCH3 is 1. The van der Waals surface area contributed by atoms with Gasteiger partial charge in [0.15, 0.2) is 5.60 Å². The van der Waals surface area contributed by atoms with Crippen LogP contribution < -0.4 is 0 Å². The van der Waals surface area contributed by atoms with Gasteiger partial charge in [-0.3, -0.25) is 0 Å². The van der Waals surface area contributed by atoms with Gasteiger partial charge in [-0.2, -0.15) is 0 Å². The number of carbonyl (C=O) groups is 1. The summed E-state index contributed by atoms with van der Waals surface area (Å²) in [6.07, 6.45) is 4.84. The SMILES string of the molecule is [2H]OC(CC1=CCC2CC1C2(C)C)(C(=O)OC)c1ccccc1. The van der Waals surface area contributed by atoms with Crippen LogP contribution in [0.4, 0.5) is 0 Å². The molecule has 3 unspecified atom stereocenters. The Bertz CT molecular complexity index is 623. The molecular formula is C19H24O3. The average Bonchev–Trinajstić information content (AvgIpc) is 2.59. The molecule has 1 aromatic rings. The Morgan fingerprint density at radius 3 is 2.73 bits per heavy atom. The highest BCUT2D eigenvalue weighted by Crippen LogP contribution is 2.60. The van der Waals surface area contributed by atoms with Gasteiger partial charge in [-0.1, -0.05) is 55.8 Å². The lowest BCUT2D eigenvalue weighted by atomic mass is 9.48. The number of esters is 1. The minimum atomic E-state index is -1.39. The van der Waals surface area contributed by atoms with E-state index in [2.05, 4.69) is 19.9 Å². The molecule has 1 saturated carbocycles. The molecule has 1 N–H and O–H groups in total. The summed E-state index contributed by atoms with van der Waals surface area (Å²) < 4.78 is 12.6. The van der Waals surface area contributed by atoms with Crippen LogP contribution >= 0.6 is 0 Å². The molecule has 3 aliphatic rings. The van der Waals surface area contributed by atoms with Gasteiger partial charge < -0.3 is 9.85 Å². The van der Waals surface area contributed by atoms with Crippen LogP contribution in [-0.2, 0) is 15.1 Å². The van der Waals surface area contributed by atoms with Crippen molar-refractivity contribution in [2.45, 2.75) is 38.7 Å². The van der Waals surface area contributed by atoms with Gasteiger partial charge in [0.1, 0.15) is 0 Å². The zero-order valence-electron chi connectivity index (χ0n) is 14.5. The maximum Gasteiger partial charge on any atom is 0.342 e. The maximum absolute atomic E-state index is 12.5. The second-order valence-corrected chi connectivity index (χ2v) is 7.18. The predicted molar refractivity (Wildman–Crippen MR) is 85.0 cm³/mol. The molecule has 4 rings (SSSR count). The third kappa shape index (κ3) is 2.19. The lowest BCUT2D eigenvalue weighted by Gasteiger charge is -2.57. The van der Waals surface area contributed by atoms with Crippen molar-refractivity contribution in [1.82, 2.24) is 0 Å². The number of benzene rings is 1. The Kier molecular flexibility index (Phi) is 3.33. The van der Waals surface area contributed by atoms with E-state index in [0.29, 0.717) is 17.9 Å². The fourth-order valence-corrected chi connectivity index (χ4v) is 4.13. The molecule has 0 heterocycles. The molecule has 0 aromatic heterocycles. The standard InChI is InChI=1S/C19H24O3/c1-18(2)15-10-9-13(16(18)11-15)12-19(21,17(20)22-3)14-7-5-4-6-8-14/h4-9,15-16,21H,10-12H2,1-3H3/i21D. The molecule has 118 valence electrons. The Hall–Kier alpha value is -1.61. The van der Waals surface area contributed by atoms with Gasteiger partial charge in [0.05, 0.1) is 7.11 Å². The fraction of sp³-hybridized carbons (Fsp3) is 0.526. The Labute approximate surface area is 133 Å². The number of allylic oxidation sites excluding steroid dienone is 1. The van der Waals surface area contributed by atoms with Crippen LogP contribution in [0.2, 0.25) is 0 Å². The summed E-state index contributed by atoms with van der Waals surface area (Å²) >= 11 is 0. The first-order valence-electron chi connectivity index (χ1n) is 8.33. The molecule has 22 heavy (non-hydrogen) atoms. The van der Waals surface area contributed by atoms with Crippen molar-refractivity contribution in [2.24, 2.45) is 17.3 Å². The summed E-state index contributed by atoms with van der Waals surface area (Å²) in [6, 6.07) is 9.23. The molecule has 3 aliphatic carbocycles. The van der Waals surface area contributed by atoms with Crippen molar-refractivity contribution in [2.75, 3.05) is 7.11 Å². The van der Waals surface area contributed by atoms with Crippen molar-refractivity contribution in [1.29, 1.82) is 1.43 Å². The molecule has 0 spiro atoms. The average molecular weight is 301 g/mol. The largest absolute Gasteiger partial charge is 0.467 e. The molecule has 1 fully saturated rings. The van der Waals surface area contributed by atoms with E-state index in [1.165, 1.54) is 19.1 Å². The van der Waals surface area contributed by atoms with Gasteiger partial charge in [-0.25, -0.2) is 4.79 Å². The lowest BCUT2D eigenvalue weighted by molar-refractivity contribution is -0.164. The Morgan fingerprint density at radius 1 is 1.45 bits per heavy atom. The third-order valence-corrected chi connectivity index (χ3v) is 5.79. The molecule has 2 bridgehead atoms. The van der Waals surface area contributed by atoms with Gasteiger partial charge in [0.2, 0.25) is 1.43 Å². The first kappa shape index (κ1) is 14.0. The number of hydrogen-bond acceptors (Lipinski definition) is 3. The van der Waals surface area contributed by atoms with Crippen molar-refractivity contribution in [3.05, 3.63) is 47.5 Å². The summed E-state index contributed by atoms with van der Waals surface area (Å²) in [5.74, 6) is 0.681. The van der Waals surface area contributed by atoms with Crippen LogP contribution in [0.1, 0.15) is 38.7 Å². The van der Waals surface area contributed by atoms with Crippen LogP contribution in [0.25, 0.3) is 0 Å². The highest BCUT2D eigenvalue weighted by atomic mass is 16.5. The normalized spacial score (nSPS) is 28.7. The quantitative estimate of drug-likeness (QED) is 0.669. The maximum atomic E-state index is 12.5. The van der Waals surface area contributed by atoms with E-state index in [9.17, 15) is 4.79 Å². The first-order chi connectivity index (χ1) is 11.0. The van der Waals surface area contributed by atoms with Crippen LogP contribution in [-0.4, -0.2) is 19.6 Å². The second-order valence-electron chi connectivity index (χ2n) is 7.18. The van der Waals surface area contributed by atoms with Gasteiger partial charge in [-0.05, 0) is 35.7 Å². The molecule has 0 saturated heterocycles. The molecule has 1 aromatic carbocycles. The van der Waals surface area contributed by atoms with E-state index in [0.717, 1.165) is 12.3 Å². The van der Waals surface area contributed by atoms with Crippen LogP contribution in [0.15, 0.2) is 42.0 Å². The third-order valence-electron chi connectivity index (χ3n) is 5.79. The summed E-state index contributed by atoms with van der Waals surface area (Å²) in [7, 11) is 1.34. The van der Waals surface area contributed by atoms with Crippen molar-refractivity contribution >= 4 is 5.97 Å². The molecule has 3 nitrogen and oxygen atoms in total. The summed E-state index contributed by atoms with van der Waals surface area (Å²) in [5, 5.41) is 5.05. The zero-order valence-corrected chi connectivity index (χ0v) is 13.5. The highest BCUT2D eigenvalue weighted by molar-refractivity contribution is 5.81. The van der Waals surface area contributed by atoms with Gasteiger partial charge in [0, 0.05) is 6.42 Å². The lowest BCUT2D eigenvalue weighted by Crippen LogP contribution is -2.49. The molecular weight excluding hydrogens is 276 g/mol. The topological polar surface area (TPSA) is 46.5 Å². The van der Waals surface area contributed by atoms with E-state index in [-0.39, 0.29) is 5.41 Å². The summed E-state index contributed by atoms with van der Waals surface area (Å²) in [4.78, 5) is 12.5. The fourth-order valence-electron chi connectivity index (χ4n) is 4.13. The number of fused-ring (bicyclic) bond motifs is 1. The van der Waals surface area contributed by atoms with Crippen molar-refractivity contribution in [3.63, 3.8) is 0 Å². The van der Waals surface area contributed by atoms with Gasteiger partial charge >= 0.3 is 5.97 Å². The molecule has 0 radical (unpaired) electrons.